The quantitative estimate of drug-likeness (QED) is 0.489. The molecule has 1 fully saturated rings. The molecular formula is C28H30FN3O3S. The first-order chi connectivity index (χ1) is 17.6. The van der Waals surface area contributed by atoms with Crippen molar-refractivity contribution >= 4 is 23.2 Å². The van der Waals surface area contributed by atoms with Crippen LogP contribution in [0.1, 0.15) is 27.6 Å². The predicted octanol–water partition coefficient (Wildman–Crippen LogP) is 3.72. The van der Waals surface area contributed by atoms with Crippen molar-refractivity contribution in [3.63, 3.8) is 0 Å². The van der Waals surface area contributed by atoms with Crippen molar-refractivity contribution in [2.75, 3.05) is 45.9 Å². The summed E-state index contributed by atoms with van der Waals surface area (Å²) in [6, 6.07) is 18.4. The average Bonchev–Trinajstić information content (AvgIpc) is 3.38. The third-order valence-electron chi connectivity index (χ3n) is 6.89. The number of amides is 2. The van der Waals surface area contributed by atoms with Crippen LogP contribution in [0.4, 0.5) is 4.39 Å². The molecule has 0 aliphatic carbocycles. The third-order valence-corrected chi connectivity index (χ3v) is 7.89. The summed E-state index contributed by atoms with van der Waals surface area (Å²) in [5.41, 5.74) is 3.06. The zero-order chi connectivity index (χ0) is 24.9. The van der Waals surface area contributed by atoms with E-state index >= 15 is 0 Å². The second-order valence-corrected chi connectivity index (χ2v) is 10.2. The first-order valence-electron chi connectivity index (χ1n) is 12.3. The lowest BCUT2D eigenvalue weighted by molar-refractivity contribution is -0.143. The van der Waals surface area contributed by atoms with Crippen LogP contribution in [0.3, 0.4) is 0 Å². The molecular weight excluding hydrogens is 477 g/mol. The molecule has 5 rings (SSSR count). The lowest BCUT2D eigenvalue weighted by atomic mass is 9.93. The van der Waals surface area contributed by atoms with Gasteiger partial charge in [0, 0.05) is 37.6 Å². The van der Waals surface area contributed by atoms with Gasteiger partial charge in [-0.15, -0.1) is 11.3 Å². The number of halogens is 1. The zero-order valence-electron chi connectivity index (χ0n) is 20.1. The molecule has 0 bridgehead atoms. The number of fused-ring (bicyclic) bond motifs is 1. The van der Waals surface area contributed by atoms with Gasteiger partial charge < -0.3 is 14.5 Å². The summed E-state index contributed by atoms with van der Waals surface area (Å²) in [4.78, 5) is 32.9. The lowest BCUT2D eigenvalue weighted by Crippen LogP contribution is -2.53. The van der Waals surface area contributed by atoms with Crippen molar-refractivity contribution < 1.29 is 18.7 Å². The minimum Gasteiger partial charge on any atom is -0.367 e. The van der Waals surface area contributed by atoms with Crippen molar-refractivity contribution in [1.29, 1.82) is 0 Å². The molecule has 0 N–H and O–H groups in total. The second kappa shape index (κ2) is 11.3. The number of carbonyl (C=O) groups is 2. The summed E-state index contributed by atoms with van der Waals surface area (Å²) in [6.45, 7) is 3.47. The molecule has 2 amide bonds. The maximum absolute atomic E-state index is 14.0. The number of thiophene rings is 1. The first kappa shape index (κ1) is 24.6. The van der Waals surface area contributed by atoms with Gasteiger partial charge >= 0.3 is 0 Å². The fraction of sp³-hybridized carbons (Fsp3) is 0.357. The van der Waals surface area contributed by atoms with Crippen LogP contribution >= 0.6 is 11.3 Å². The van der Waals surface area contributed by atoms with Crippen LogP contribution in [0.25, 0.3) is 0 Å². The SMILES string of the molecule is O=C(COCc1ccccc1)N1CCN(C(=O)CN2CCc3sccc3C2c2cccc(F)c2)CC1. The van der Waals surface area contributed by atoms with Crippen molar-refractivity contribution in [1.82, 2.24) is 14.7 Å². The summed E-state index contributed by atoms with van der Waals surface area (Å²) < 4.78 is 19.6. The van der Waals surface area contributed by atoms with Crippen LogP contribution in [-0.2, 0) is 27.4 Å². The molecule has 0 spiro atoms. The number of piperazine rings is 1. The van der Waals surface area contributed by atoms with Gasteiger partial charge in [0.2, 0.25) is 11.8 Å². The highest BCUT2D eigenvalue weighted by Gasteiger charge is 2.33. The molecule has 8 heteroatoms. The van der Waals surface area contributed by atoms with Gasteiger partial charge in [-0.25, -0.2) is 4.39 Å². The molecule has 188 valence electrons. The highest BCUT2D eigenvalue weighted by Crippen LogP contribution is 2.37. The van der Waals surface area contributed by atoms with Crippen LogP contribution in [0.15, 0.2) is 66.0 Å². The third kappa shape index (κ3) is 5.67. The summed E-state index contributed by atoms with van der Waals surface area (Å²) in [7, 11) is 0. The molecule has 1 aromatic heterocycles. The molecule has 3 heterocycles. The van der Waals surface area contributed by atoms with E-state index < -0.39 is 0 Å². The molecule has 36 heavy (non-hydrogen) atoms. The van der Waals surface area contributed by atoms with E-state index in [9.17, 15) is 14.0 Å². The Balaban J connectivity index is 1.15. The molecule has 1 unspecified atom stereocenters. The van der Waals surface area contributed by atoms with E-state index in [0.717, 1.165) is 29.7 Å². The summed E-state index contributed by atoms with van der Waals surface area (Å²) in [5, 5.41) is 2.07. The van der Waals surface area contributed by atoms with Gasteiger partial charge in [-0.1, -0.05) is 42.5 Å². The maximum atomic E-state index is 14.0. The molecule has 1 saturated heterocycles. The number of rotatable bonds is 7. The van der Waals surface area contributed by atoms with Gasteiger partial charge in [0.25, 0.3) is 0 Å². The van der Waals surface area contributed by atoms with E-state index in [4.69, 9.17) is 4.74 Å². The van der Waals surface area contributed by atoms with Crippen LogP contribution < -0.4 is 0 Å². The number of benzene rings is 2. The maximum Gasteiger partial charge on any atom is 0.248 e. The minimum atomic E-state index is -0.269. The van der Waals surface area contributed by atoms with Gasteiger partial charge in [-0.05, 0) is 46.7 Å². The average molecular weight is 508 g/mol. The topological polar surface area (TPSA) is 53.1 Å². The van der Waals surface area contributed by atoms with Crippen LogP contribution in [-0.4, -0.2) is 72.4 Å². The Labute approximate surface area is 214 Å². The van der Waals surface area contributed by atoms with Gasteiger partial charge in [-0.3, -0.25) is 14.5 Å². The van der Waals surface area contributed by atoms with E-state index in [1.165, 1.54) is 10.9 Å². The summed E-state index contributed by atoms with van der Waals surface area (Å²) >= 11 is 1.72. The lowest BCUT2D eigenvalue weighted by Gasteiger charge is -2.39. The second-order valence-electron chi connectivity index (χ2n) is 9.22. The molecule has 6 nitrogen and oxygen atoms in total. The molecule has 0 saturated carbocycles. The fourth-order valence-corrected chi connectivity index (χ4v) is 5.91. The monoisotopic (exact) mass is 507 g/mol. The van der Waals surface area contributed by atoms with Crippen molar-refractivity contribution in [3.8, 4) is 0 Å². The van der Waals surface area contributed by atoms with Crippen LogP contribution in [0, 0.1) is 5.82 Å². The Morgan fingerprint density at radius 3 is 2.42 bits per heavy atom. The normalized spacial score (nSPS) is 18.2. The van der Waals surface area contributed by atoms with Crippen LogP contribution in [0.5, 0.6) is 0 Å². The summed E-state index contributed by atoms with van der Waals surface area (Å²) in [6.07, 6.45) is 0.886. The predicted molar refractivity (Wildman–Crippen MR) is 137 cm³/mol. The molecule has 2 aliphatic rings. The zero-order valence-corrected chi connectivity index (χ0v) is 21.0. The molecule has 0 radical (unpaired) electrons. The molecule has 1 atom stereocenters. The standard InChI is InChI=1S/C28H30FN3O3S/c29-23-8-4-7-22(17-23)28-24-10-16-36-25(24)9-11-32(28)18-26(33)30-12-14-31(15-13-30)27(34)20-35-19-21-5-2-1-3-6-21/h1-8,10,16-17,28H,9,11-15,18-20H2. The minimum absolute atomic E-state index is 0.0366. The van der Waals surface area contributed by atoms with E-state index in [0.29, 0.717) is 32.8 Å². The van der Waals surface area contributed by atoms with Gasteiger partial charge in [-0.2, -0.15) is 0 Å². The Kier molecular flexibility index (Phi) is 7.75. The first-order valence-corrected chi connectivity index (χ1v) is 13.2. The van der Waals surface area contributed by atoms with Gasteiger partial charge in [0.15, 0.2) is 0 Å². The smallest absolute Gasteiger partial charge is 0.248 e. The van der Waals surface area contributed by atoms with E-state index in [2.05, 4.69) is 16.3 Å². The Hall–Kier alpha value is -3.07. The number of hydrogen-bond donors (Lipinski definition) is 0. The number of carbonyl (C=O) groups excluding carboxylic acids is 2. The number of nitrogens with zero attached hydrogens (tertiary/aromatic N) is 3. The van der Waals surface area contributed by atoms with Crippen molar-refractivity contribution in [3.05, 3.63) is 93.4 Å². The number of ether oxygens (including phenoxy) is 1. The number of hydrogen-bond acceptors (Lipinski definition) is 5. The molecule has 2 aliphatic heterocycles. The van der Waals surface area contributed by atoms with Crippen molar-refractivity contribution in [2.45, 2.75) is 19.1 Å². The van der Waals surface area contributed by atoms with E-state index in [1.807, 2.05) is 41.3 Å². The highest BCUT2D eigenvalue weighted by atomic mass is 32.1. The fourth-order valence-electron chi connectivity index (χ4n) is 5.01. The molecule has 3 aromatic rings. The van der Waals surface area contributed by atoms with Gasteiger partial charge in [0.05, 0.1) is 19.2 Å². The summed E-state index contributed by atoms with van der Waals surface area (Å²) in [5.74, 6) is -0.276. The van der Waals surface area contributed by atoms with E-state index in [-0.39, 0.29) is 36.8 Å². The Morgan fingerprint density at radius 1 is 0.917 bits per heavy atom. The van der Waals surface area contributed by atoms with Gasteiger partial charge in [0.1, 0.15) is 12.4 Å². The van der Waals surface area contributed by atoms with E-state index in [1.54, 1.807) is 28.4 Å². The highest BCUT2D eigenvalue weighted by molar-refractivity contribution is 7.10. The van der Waals surface area contributed by atoms with Crippen molar-refractivity contribution in [2.24, 2.45) is 0 Å². The Morgan fingerprint density at radius 2 is 1.67 bits per heavy atom. The Bertz CT molecular complexity index is 1190. The molecule has 2 aromatic carbocycles. The largest absolute Gasteiger partial charge is 0.367 e. The van der Waals surface area contributed by atoms with Crippen LogP contribution in [0.2, 0.25) is 0 Å².